The van der Waals surface area contributed by atoms with E-state index in [1.807, 2.05) is 6.92 Å². The predicted octanol–water partition coefficient (Wildman–Crippen LogP) is 0.649. The second-order valence-corrected chi connectivity index (χ2v) is 4.21. The fourth-order valence-corrected chi connectivity index (χ4v) is 2.11. The first-order chi connectivity index (χ1) is 8.51. The number of carbonyl (C=O) groups excluding carboxylic acids is 2. The largest absolute Gasteiger partial charge is 0.399 e. The first-order valence-electron chi connectivity index (χ1n) is 5.67. The smallest absolute Gasteiger partial charge is 0.249 e. The number of amides is 2. The number of nitrogen functional groups attached to an aromatic ring is 1. The number of hydrogen-bond donors (Lipinski definition) is 2. The summed E-state index contributed by atoms with van der Waals surface area (Å²) in [7, 11) is 0. The second kappa shape index (κ2) is 4.64. The molecule has 0 aromatic heterocycles. The minimum Gasteiger partial charge on any atom is -0.399 e. The molecule has 1 fully saturated rings. The van der Waals surface area contributed by atoms with Gasteiger partial charge in [0.1, 0.15) is 11.9 Å². The Morgan fingerprint density at radius 3 is 2.78 bits per heavy atom. The number of rotatable bonds is 2. The Hall–Kier alpha value is -2.11. The Morgan fingerprint density at radius 1 is 1.44 bits per heavy atom. The van der Waals surface area contributed by atoms with E-state index in [1.165, 1.54) is 12.1 Å². The molecule has 5 nitrogen and oxygen atoms in total. The van der Waals surface area contributed by atoms with Crippen LogP contribution in [0.5, 0.6) is 0 Å². The van der Waals surface area contributed by atoms with Gasteiger partial charge in [-0.2, -0.15) is 0 Å². The molecule has 0 bridgehead atoms. The number of hydrogen-bond acceptors (Lipinski definition) is 4. The van der Waals surface area contributed by atoms with Crippen molar-refractivity contribution in [1.29, 1.82) is 0 Å². The van der Waals surface area contributed by atoms with E-state index in [9.17, 15) is 14.0 Å². The summed E-state index contributed by atoms with van der Waals surface area (Å²) in [6.07, 6.45) is 0.523. The first kappa shape index (κ1) is 12.3. The van der Waals surface area contributed by atoms with Gasteiger partial charge in [-0.3, -0.25) is 14.9 Å². The zero-order valence-corrected chi connectivity index (χ0v) is 9.94. The number of halogens is 1. The third-order valence-electron chi connectivity index (χ3n) is 2.88. The van der Waals surface area contributed by atoms with Crippen LogP contribution >= 0.6 is 0 Å². The number of nitrogens with one attached hydrogen (secondary N) is 1. The summed E-state index contributed by atoms with van der Waals surface area (Å²) in [6, 6.07) is 3.53. The van der Waals surface area contributed by atoms with Gasteiger partial charge >= 0.3 is 0 Å². The summed E-state index contributed by atoms with van der Waals surface area (Å²) < 4.78 is 13.3. The zero-order valence-electron chi connectivity index (χ0n) is 9.94. The summed E-state index contributed by atoms with van der Waals surface area (Å²) in [5, 5.41) is 2.26. The highest BCUT2D eigenvalue weighted by molar-refractivity contribution is 6.04. The Balaban J connectivity index is 2.39. The highest BCUT2D eigenvalue weighted by atomic mass is 19.1. The summed E-state index contributed by atoms with van der Waals surface area (Å²) in [5.41, 5.74) is 6.28. The molecule has 0 aliphatic carbocycles. The van der Waals surface area contributed by atoms with E-state index in [-0.39, 0.29) is 18.1 Å². The fourth-order valence-electron chi connectivity index (χ4n) is 2.11. The van der Waals surface area contributed by atoms with Gasteiger partial charge in [0.2, 0.25) is 11.8 Å². The topological polar surface area (TPSA) is 75.4 Å². The van der Waals surface area contributed by atoms with Crippen LogP contribution in [0.2, 0.25) is 0 Å². The van der Waals surface area contributed by atoms with Gasteiger partial charge < -0.3 is 10.6 Å². The summed E-state index contributed by atoms with van der Waals surface area (Å²) in [5.74, 6) is -1.25. The van der Waals surface area contributed by atoms with Gasteiger partial charge in [-0.15, -0.1) is 0 Å². The molecule has 1 heterocycles. The lowest BCUT2D eigenvalue weighted by Gasteiger charge is -2.35. The van der Waals surface area contributed by atoms with Crippen molar-refractivity contribution in [2.24, 2.45) is 0 Å². The van der Waals surface area contributed by atoms with Crippen LogP contribution in [0.15, 0.2) is 18.2 Å². The summed E-state index contributed by atoms with van der Waals surface area (Å²) in [4.78, 5) is 24.7. The molecule has 6 heteroatoms. The van der Waals surface area contributed by atoms with E-state index < -0.39 is 17.8 Å². The molecule has 1 unspecified atom stereocenters. The molecule has 0 spiro atoms. The van der Waals surface area contributed by atoms with E-state index in [2.05, 4.69) is 5.32 Å². The van der Waals surface area contributed by atoms with E-state index in [1.54, 1.807) is 11.0 Å². The molecule has 0 radical (unpaired) electrons. The number of imide groups is 1. The van der Waals surface area contributed by atoms with Crippen molar-refractivity contribution >= 4 is 23.2 Å². The molecule has 1 aromatic carbocycles. The number of nitrogens with zero attached hydrogens (tertiary/aromatic N) is 1. The van der Waals surface area contributed by atoms with E-state index in [0.29, 0.717) is 12.1 Å². The lowest BCUT2D eigenvalue weighted by molar-refractivity contribution is -0.132. The minimum atomic E-state index is -0.488. The maximum Gasteiger partial charge on any atom is 0.249 e. The van der Waals surface area contributed by atoms with Crippen molar-refractivity contribution < 1.29 is 14.0 Å². The number of piperazine rings is 1. The molecule has 1 aliphatic rings. The van der Waals surface area contributed by atoms with Crippen molar-refractivity contribution in [3.8, 4) is 0 Å². The van der Waals surface area contributed by atoms with Gasteiger partial charge in [0.25, 0.3) is 0 Å². The number of benzene rings is 1. The molecular formula is C12H14FN3O2. The van der Waals surface area contributed by atoms with Crippen LogP contribution in [0, 0.1) is 5.82 Å². The standard InChI is InChI=1S/C12H14FN3O2/c1-2-10-12(18)15-11(17)6-16(10)9-4-7(13)3-8(14)5-9/h3-5,10H,2,6,14H2,1H3,(H,15,17,18). The Kier molecular flexibility index (Phi) is 3.18. The summed E-state index contributed by atoms with van der Waals surface area (Å²) in [6.45, 7) is 1.85. The van der Waals surface area contributed by atoms with E-state index in [0.717, 1.165) is 0 Å². The third kappa shape index (κ3) is 2.27. The molecular weight excluding hydrogens is 237 g/mol. The molecule has 96 valence electrons. The lowest BCUT2D eigenvalue weighted by atomic mass is 10.1. The highest BCUT2D eigenvalue weighted by Crippen LogP contribution is 2.24. The van der Waals surface area contributed by atoms with Gasteiger partial charge in [-0.25, -0.2) is 4.39 Å². The number of anilines is 2. The number of nitrogens with two attached hydrogens (primary N) is 1. The molecule has 2 amide bonds. The van der Waals surface area contributed by atoms with Gasteiger partial charge in [-0.05, 0) is 24.6 Å². The van der Waals surface area contributed by atoms with Crippen molar-refractivity contribution in [1.82, 2.24) is 5.32 Å². The van der Waals surface area contributed by atoms with Gasteiger partial charge in [-0.1, -0.05) is 6.92 Å². The third-order valence-corrected chi connectivity index (χ3v) is 2.88. The second-order valence-electron chi connectivity index (χ2n) is 4.21. The fraction of sp³-hybridized carbons (Fsp3) is 0.333. The zero-order chi connectivity index (χ0) is 13.3. The molecule has 1 aromatic rings. The molecule has 0 saturated carbocycles. The van der Waals surface area contributed by atoms with Crippen LogP contribution in [-0.2, 0) is 9.59 Å². The molecule has 2 rings (SSSR count). The maximum atomic E-state index is 13.3. The van der Waals surface area contributed by atoms with Gasteiger partial charge in [0.15, 0.2) is 0 Å². The van der Waals surface area contributed by atoms with Crippen molar-refractivity contribution in [3.63, 3.8) is 0 Å². The quantitative estimate of drug-likeness (QED) is 0.597. The van der Waals surface area contributed by atoms with Crippen LogP contribution < -0.4 is 16.0 Å². The van der Waals surface area contributed by atoms with Crippen LogP contribution in [0.4, 0.5) is 15.8 Å². The predicted molar refractivity (Wildman–Crippen MR) is 65.4 cm³/mol. The normalized spacial score (nSPS) is 19.9. The Morgan fingerprint density at radius 2 is 2.17 bits per heavy atom. The molecule has 1 saturated heterocycles. The Labute approximate surface area is 104 Å². The monoisotopic (exact) mass is 251 g/mol. The first-order valence-corrected chi connectivity index (χ1v) is 5.67. The molecule has 1 aliphatic heterocycles. The van der Waals surface area contributed by atoms with Crippen LogP contribution in [-0.4, -0.2) is 24.4 Å². The molecule has 18 heavy (non-hydrogen) atoms. The SMILES string of the molecule is CCC1C(=O)NC(=O)CN1c1cc(N)cc(F)c1. The summed E-state index contributed by atoms with van der Waals surface area (Å²) >= 11 is 0. The molecule has 1 atom stereocenters. The van der Waals surface area contributed by atoms with Crippen LogP contribution in [0.3, 0.4) is 0 Å². The van der Waals surface area contributed by atoms with E-state index in [4.69, 9.17) is 5.73 Å². The van der Waals surface area contributed by atoms with Crippen LogP contribution in [0.1, 0.15) is 13.3 Å². The van der Waals surface area contributed by atoms with Crippen molar-refractivity contribution in [2.45, 2.75) is 19.4 Å². The van der Waals surface area contributed by atoms with Crippen molar-refractivity contribution in [3.05, 3.63) is 24.0 Å². The van der Waals surface area contributed by atoms with Crippen LogP contribution in [0.25, 0.3) is 0 Å². The Bertz CT molecular complexity index is 484. The highest BCUT2D eigenvalue weighted by Gasteiger charge is 2.32. The average molecular weight is 251 g/mol. The minimum absolute atomic E-state index is 0.0210. The average Bonchev–Trinajstić information content (AvgIpc) is 2.26. The lowest BCUT2D eigenvalue weighted by Crippen LogP contribution is -2.58. The van der Waals surface area contributed by atoms with Gasteiger partial charge in [0.05, 0.1) is 6.54 Å². The van der Waals surface area contributed by atoms with Gasteiger partial charge in [0, 0.05) is 11.4 Å². The number of carbonyl (C=O) groups is 2. The maximum absolute atomic E-state index is 13.3. The molecule has 3 N–H and O–H groups in total. The van der Waals surface area contributed by atoms with Crippen molar-refractivity contribution in [2.75, 3.05) is 17.2 Å². The van der Waals surface area contributed by atoms with E-state index >= 15 is 0 Å².